The molecule has 0 atom stereocenters. The van der Waals surface area contributed by atoms with E-state index < -0.39 is 5.97 Å². The number of hydrogen-bond acceptors (Lipinski definition) is 3. The van der Waals surface area contributed by atoms with Crippen molar-refractivity contribution in [1.82, 2.24) is 9.80 Å². The van der Waals surface area contributed by atoms with E-state index in [0.717, 1.165) is 6.42 Å². The molecule has 0 aromatic carbocycles. The molecule has 0 aromatic heterocycles. The summed E-state index contributed by atoms with van der Waals surface area (Å²) in [6, 6.07) is 0. The molecular formula is C42H89BrN2O2. The highest BCUT2D eigenvalue weighted by Crippen LogP contribution is 2.14. The van der Waals surface area contributed by atoms with Gasteiger partial charge >= 0.3 is 5.97 Å². The smallest absolute Gasteiger partial charge is 0.330 e. The molecule has 0 saturated heterocycles. The summed E-state index contributed by atoms with van der Waals surface area (Å²) >= 11 is 0. The van der Waals surface area contributed by atoms with Crippen molar-refractivity contribution in [2.75, 3.05) is 41.3 Å². The molecule has 286 valence electrons. The SMILES string of the molecule is Br.C=C(CCC)C(=O)O.CCCCCCCCCCCCCCCCN(C)C.CCCCCCCCCCCCCCCCN(C)C. The summed E-state index contributed by atoms with van der Waals surface area (Å²) in [6.07, 6.45) is 42.1. The zero-order chi connectivity index (χ0) is 34.9. The van der Waals surface area contributed by atoms with Crippen molar-refractivity contribution >= 4 is 23.0 Å². The van der Waals surface area contributed by atoms with Gasteiger partial charge in [-0.25, -0.2) is 4.79 Å². The van der Waals surface area contributed by atoms with Gasteiger partial charge in [-0.1, -0.05) is 201 Å². The molecule has 0 spiro atoms. The van der Waals surface area contributed by atoms with Crippen LogP contribution in [0.15, 0.2) is 12.2 Å². The molecule has 0 aliphatic heterocycles. The number of unbranched alkanes of at least 4 members (excludes halogenated alkanes) is 26. The normalized spacial score (nSPS) is 10.7. The number of carbonyl (C=O) groups is 1. The summed E-state index contributed by atoms with van der Waals surface area (Å²) in [5.74, 6) is -0.883. The van der Waals surface area contributed by atoms with E-state index >= 15 is 0 Å². The Balaban J connectivity index is -0.000000315. The number of halogens is 1. The lowest BCUT2D eigenvalue weighted by Gasteiger charge is -2.08. The maximum atomic E-state index is 9.99. The van der Waals surface area contributed by atoms with Crippen molar-refractivity contribution in [2.24, 2.45) is 0 Å². The Bertz CT molecular complexity index is 547. The van der Waals surface area contributed by atoms with Gasteiger partial charge in [-0.05, 0) is 60.5 Å². The van der Waals surface area contributed by atoms with Crippen molar-refractivity contribution in [3.8, 4) is 0 Å². The molecule has 4 nitrogen and oxygen atoms in total. The summed E-state index contributed by atoms with van der Waals surface area (Å²) in [5.41, 5.74) is 0.299. The number of hydrogen-bond donors (Lipinski definition) is 1. The summed E-state index contributed by atoms with van der Waals surface area (Å²) in [7, 11) is 8.68. The van der Waals surface area contributed by atoms with Crippen LogP contribution in [0.2, 0.25) is 0 Å². The summed E-state index contributed by atoms with van der Waals surface area (Å²) in [6.45, 7) is 12.4. The summed E-state index contributed by atoms with van der Waals surface area (Å²) < 4.78 is 0. The first kappa shape index (κ1) is 53.4. The fraction of sp³-hybridized carbons (Fsp3) is 0.929. The zero-order valence-electron chi connectivity index (χ0n) is 33.5. The lowest BCUT2D eigenvalue weighted by molar-refractivity contribution is -0.132. The number of carboxylic acid groups (broad SMARTS) is 1. The predicted octanol–water partition coefficient (Wildman–Crippen LogP) is 14.1. The van der Waals surface area contributed by atoms with Gasteiger partial charge in [0.25, 0.3) is 0 Å². The first-order valence-corrected chi connectivity index (χ1v) is 20.4. The van der Waals surface area contributed by atoms with E-state index in [0.29, 0.717) is 12.0 Å². The third-order valence-corrected chi connectivity index (χ3v) is 8.77. The van der Waals surface area contributed by atoms with Crippen LogP contribution in [0, 0.1) is 0 Å². The lowest BCUT2D eigenvalue weighted by atomic mass is 10.0. The average Bonchev–Trinajstić information content (AvgIpc) is 3.02. The molecule has 1 N–H and O–H groups in total. The van der Waals surface area contributed by atoms with Gasteiger partial charge in [0.1, 0.15) is 0 Å². The molecule has 0 saturated carbocycles. The molecule has 0 fully saturated rings. The zero-order valence-corrected chi connectivity index (χ0v) is 35.2. The Kier molecular flexibility index (Phi) is 54.2. The molecule has 0 rings (SSSR count). The van der Waals surface area contributed by atoms with Crippen LogP contribution in [0.5, 0.6) is 0 Å². The van der Waals surface area contributed by atoms with Gasteiger partial charge in [0.15, 0.2) is 0 Å². The average molecular weight is 734 g/mol. The lowest BCUT2D eigenvalue weighted by Crippen LogP contribution is -2.12. The van der Waals surface area contributed by atoms with Crippen LogP contribution < -0.4 is 0 Å². The van der Waals surface area contributed by atoms with Gasteiger partial charge in [-0.3, -0.25) is 0 Å². The molecular weight excluding hydrogens is 644 g/mol. The molecule has 5 heteroatoms. The van der Waals surface area contributed by atoms with E-state index in [9.17, 15) is 4.79 Å². The number of nitrogens with zero attached hydrogens (tertiary/aromatic N) is 2. The second-order valence-corrected chi connectivity index (χ2v) is 14.5. The first-order valence-electron chi connectivity index (χ1n) is 20.4. The number of aliphatic carboxylic acids is 1. The van der Waals surface area contributed by atoms with Crippen molar-refractivity contribution in [1.29, 1.82) is 0 Å². The van der Waals surface area contributed by atoms with Gasteiger partial charge in [-0.15, -0.1) is 17.0 Å². The van der Waals surface area contributed by atoms with E-state index in [2.05, 4.69) is 58.4 Å². The van der Waals surface area contributed by atoms with Gasteiger partial charge in [0.2, 0.25) is 0 Å². The van der Waals surface area contributed by atoms with Gasteiger partial charge < -0.3 is 14.9 Å². The topological polar surface area (TPSA) is 43.8 Å². The fourth-order valence-electron chi connectivity index (χ4n) is 5.65. The van der Waals surface area contributed by atoms with Gasteiger partial charge in [-0.2, -0.15) is 0 Å². The van der Waals surface area contributed by atoms with Crippen LogP contribution in [0.4, 0.5) is 0 Å². The molecule has 0 heterocycles. The van der Waals surface area contributed by atoms with Crippen molar-refractivity contribution < 1.29 is 9.90 Å². The molecule has 0 aromatic rings. The summed E-state index contributed by atoms with van der Waals surface area (Å²) in [5, 5.41) is 8.21. The van der Waals surface area contributed by atoms with Gasteiger partial charge in [0.05, 0.1) is 0 Å². The van der Waals surface area contributed by atoms with Crippen molar-refractivity contribution in [3.05, 3.63) is 12.2 Å². The molecule has 0 aliphatic rings. The van der Waals surface area contributed by atoms with Crippen LogP contribution >= 0.6 is 17.0 Å². The van der Waals surface area contributed by atoms with E-state index in [1.54, 1.807) is 0 Å². The van der Waals surface area contributed by atoms with Crippen molar-refractivity contribution in [2.45, 2.75) is 213 Å². The molecule has 0 radical (unpaired) electrons. The third-order valence-electron chi connectivity index (χ3n) is 8.77. The van der Waals surface area contributed by atoms with Crippen LogP contribution in [-0.4, -0.2) is 62.2 Å². The monoisotopic (exact) mass is 733 g/mol. The Morgan fingerprint density at radius 1 is 0.426 bits per heavy atom. The largest absolute Gasteiger partial charge is 0.478 e. The Hall–Kier alpha value is -0.390. The highest BCUT2D eigenvalue weighted by atomic mass is 79.9. The number of rotatable bonds is 33. The minimum absolute atomic E-state index is 0. The van der Waals surface area contributed by atoms with E-state index in [-0.39, 0.29) is 17.0 Å². The Morgan fingerprint density at radius 2 is 0.638 bits per heavy atom. The van der Waals surface area contributed by atoms with Crippen LogP contribution in [0.3, 0.4) is 0 Å². The van der Waals surface area contributed by atoms with E-state index in [1.807, 2.05) is 6.92 Å². The van der Waals surface area contributed by atoms with Crippen LogP contribution in [0.25, 0.3) is 0 Å². The van der Waals surface area contributed by atoms with E-state index in [1.165, 1.54) is 193 Å². The van der Waals surface area contributed by atoms with Crippen LogP contribution in [0.1, 0.15) is 213 Å². The second kappa shape index (κ2) is 47.7. The van der Waals surface area contributed by atoms with E-state index in [4.69, 9.17) is 5.11 Å². The predicted molar refractivity (Wildman–Crippen MR) is 220 cm³/mol. The van der Waals surface area contributed by atoms with Crippen molar-refractivity contribution in [3.63, 3.8) is 0 Å². The first-order chi connectivity index (χ1) is 22.2. The highest BCUT2D eigenvalue weighted by molar-refractivity contribution is 8.93. The fourth-order valence-corrected chi connectivity index (χ4v) is 5.65. The number of carboxylic acids is 1. The standard InChI is InChI=1S/2C18H39N.C6H10O2.BrH/c2*1-4-5-6-7-8-9-10-11-12-13-14-15-16-17-18-19(2)3;1-3-4-5(2)6(7)8;/h2*4-18H2,1-3H3;2-4H2,1H3,(H,7,8);1H. The minimum Gasteiger partial charge on any atom is -0.478 e. The van der Waals surface area contributed by atoms with Gasteiger partial charge in [0, 0.05) is 5.57 Å². The minimum atomic E-state index is -0.883. The molecule has 0 unspecified atom stereocenters. The molecule has 47 heavy (non-hydrogen) atoms. The second-order valence-electron chi connectivity index (χ2n) is 14.5. The molecule has 0 bridgehead atoms. The third kappa shape index (κ3) is 58.2. The van der Waals surface area contributed by atoms with Crippen LogP contribution in [-0.2, 0) is 4.79 Å². The Labute approximate surface area is 308 Å². The quantitative estimate of drug-likeness (QED) is 0.0539. The molecule has 0 aliphatic carbocycles. The summed E-state index contributed by atoms with van der Waals surface area (Å²) in [4.78, 5) is 14.6. The maximum absolute atomic E-state index is 9.99. The Morgan fingerprint density at radius 3 is 0.787 bits per heavy atom. The molecule has 0 amide bonds. The highest BCUT2D eigenvalue weighted by Gasteiger charge is 1.99. The maximum Gasteiger partial charge on any atom is 0.330 e.